The number of halogens is 3. The second kappa shape index (κ2) is 9.86. The number of carbonyl (C=O) groups excluding carboxylic acids is 1. The van der Waals surface area contributed by atoms with Crippen LogP contribution in [0.4, 0.5) is 19.5 Å². The first kappa shape index (κ1) is 23.3. The molecule has 0 bridgehead atoms. The molecule has 0 N–H and O–H groups in total. The summed E-state index contributed by atoms with van der Waals surface area (Å²) >= 11 is 3.23. The molecule has 0 spiro atoms. The minimum atomic E-state index is -0.734. The molecule has 11 heteroatoms. The van der Waals surface area contributed by atoms with Gasteiger partial charge in [0, 0.05) is 36.6 Å². The third-order valence-corrected chi connectivity index (χ3v) is 5.31. The van der Waals surface area contributed by atoms with Crippen molar-refractivity contribution in [3.8, 4) is 5.75 Å². The number of aryl methyl sites for hydroxylation is 1. The van der Waals surface area contributed by atoms with E-state index in [2.05, 4.69) is 30.6 Å². The van der Waals surface area contributed by atoms with Gasteiger partial charge < -0.3 is 14.0 Å². The van der Waals surface area contributed by atoms with Gasteiger partial charge in [-0.1, -0.05) is 0 Å². The van der Waals surface area contributed by atoms with Crippen molar-refractivity contribution in [2.24, 2.45) is 0 Å². The summed E-state index contributed by atoms with van der Waals surface area (Å²) in [5.74, 6) is -1.07. The van der Waals surface area contributed by atoms with Crippen LogP contribution >= 0.6 is 15.9 Å². The predicted octanol–water partition coefficient (Wildman–Crippen LogP) is 3.82. The highest BCUT2D eigenvalue weighted by molar-refractivity contribution is 9.10. The summed E-state index contributed by atoms with van der Waals surface area (Å²) in [5, 5.41) is 0. The number of amides is 1. The minimum absolute atomic E-state index is 0.112. The Kier molecular flexibility index (Phi) is 7.18. The lowest BCUT2D eigenvalue weighted by molar-refractivity contribution is 0.180. The fourth-order valence-electron chi connectivity index (χ4n) is 2.83. The van der Waals surface area contributed by atoms with Gasteiger partial charge in [0.15, 0.2) is 0 Å². The van der Waals surface area contributed by atoms with Gasteiger partial charge in [0.25, 0.3) is 5.56 Å². The zero-order chi connectivity index (χ0) is 23.4. The van der Waals surface area contributed by atoms with Crippen molar-refractivity contribution < 1.29 is 23.0 Å². The van der Waals surface area contributed by atoms with Crippen molar-refractivity contribution in [3.05, 3.63) is 79.9 Å². The largest absolute Gasteiger partial charge is 0.487 e. The van der Waals surface area contributed by atoms with Gasteiger partial charge >= 0.3 is 6.09 Å². The molecule has 0 aliphatic carbocycles. The Bertz CT molecular complexity index is 1220. The number of rotatable bonds is 6. The van der Waals surface area contributed by atoms with Crippen molar-refractivity contribution in [3.63, 3.8) is 0 Å². The molecule has 0 radical (unpaired) electrons. The molecule has 3 aromatic rings. The molecule has 0 saturated heterocycles. The average Bonchev–Trinajstić information content (AvgIpc) is 2.78. The second-order valence-electron chi connectivity index (χ2n) is 6.76. The van der Waals surface area contributed by atoms with E-state index < -0.39 is 17.7 Å². The van der Waals surface area contributed by atoms with Gasteiger partial charge in [0.05, 0.1) is 19.3 Å². The molecule has 0 aliphatic rings. The molecule has 0 saturated carbocycles. The fraction of sp³-hybridized carbons (Fsp3) is 0.238. The molecule has 2 heterocycles. The number of ether oxygens (including phenoxy) is 2. The van der Waals surface area contributed by atoms with E-state index in [1.807, 2.05) is 0 Å². The maximum absolute atomic E-state index is 13.8. The van der Waals surface area contributed by atoms with Crippen LogP contribution in [0.3, 0.4) is 0 Å². The maximum atomic E-state index is 13.8. The summed E-state index contributed by atoms with van der Waals surface area (Å²) in [4.78, 5) is 34.1. The van der Waals surface area contributed by atoms with Crippen molar-refractivity contribution in [1.82, 2.24) is 14.5 Å². The van der Waals surface area contributed by atoms with Gasteiger partial charge in [0.2, 0.25) is 5.95 Å². The lowest BCUT2D eigenvalue weighted by Crippen LogP contribution is -2.28. The summed E-state index contributed by atoms with van der Waals surface area (Å²) in [6.45, 7) is 1.64. The first-order valence-electron chi connectivity index (χ1n) is 9.31. The molecule has 3 rings (SSSR count). The Morgan fingerprint density at radius 1 is 1.25 bits per heavy atom. The van der Waals surface area contributed by atoms with Gasteiger partial charge in [0.1, 0.15) is 28.5 Å². The molecule has 0 fully saturated rings. The molecular formula is C21H19BrF2N4O4. The number of carbonyl (C=O) groups is 1. The highest BCUT2D eigenvalue weighted by atomic mass is 79.9. The number of aromatic nitrogens is 3. The molecular weight excluding hydrogens is 490 g/mol. The first-order valence-corrected chi connectivity index (χ1v) is 10.1. The van der Waals surface area contributed by atoms with Crippen molar-refractivity contribution in [2.45, 2.75) is 20.1 Å². The number of hydrogen-bond donors (Lipinski definition) is 0. The molecule has 2 aromatic heterocycles. The summed E-state index contributed by atoms with van der Waals surface area (Å²) < 4.78 is 38.7. The summed E-state index contributed by atoms with van der Waals surface area (Å²) in [6, 6.07) is 6.43. The number of hydrogen-bond acceptors (Lipinski definition) is 6. The average molecular weight is 509 g/mol. The summed E-state index contributed by atoms with van der Waals surface area (Å²) in [7, 11) is 2.71. The van der Waals surface area contributed by atoms with Gasteiger partial charge in [-0.25, -0.2) is 28.4 Å². The third-order valence-electron chi connectivity index (χ3n) is 4.58. The van der Waals surface area contributed by atoms with Crippen LogP contribution in [0.1, 0.15) is 17.0 Å². The Hall–Kier alpha value is -3.34. The molecule has 1 amide bonds. The standard InChI is InChI=1S/C21H19BrF2N4O4/c1-12-8-17(32-11-13-4-5-14(23)9-16(13)24)18(22)19(29)28(12)10-15-6-7-25-20(26-15)27(2)21(30)31-3/h4-9H,10-11H2,1-3H3. The number of pyridine rings is 1. The second-order valence-corrected chi connectivity index (χ2v) is 7.55. The molecule has 0 unspecified atom stereocenters. The smallest absolute Gasteiger partial charge is 0.416 e. The van der Waals surface area contributed by atoms with Crippen LogP contribution in [0, 0.1) is 18.6 Å². The summed E-state index contributed by atoms with van der Waals surface area (Å²) in [6.07, 6.45) is 0.846. The topological polar surface area (TPSA) is 86.5 Å². The Morgan fingerprint density at radius 3 is 2.69 bits per heavy atom. The summed E-state index contributed by atoms with van der Waals surface area (Å²) in [5.41, 5.74) is 0.823. The van der Waals surface area contributed by atoms with Crippen molar-refractivity contribution in [1.29, 1.82) is 0 Å². The van der Waals surface area contributed by atoms with Crippen LogP contribution < -0.4 is 15.2 Å². The predicted molar refractivity (Wildman–Crippen MR) is 116 cm³/mol. The van der Waals surface area contributed by atoms with Crippen molar-refractivity contribution >= 4 is 28.0 Å². The van der Waals surface area contributed by atoms with Crippen LogP contribution in [0.15, 0.2) is 45.8 Å². The van der Waals surface area contributed by atoms with E-state index in [0.717, 1.165) is 17.0 Å². The highest BCUT2D eigenvalue weighted by Crippen LogP contribution is 2.24. The first-order chi connectivity index (χ1) is 15.2. The molecule has 0 aliphatic heterocycles. The third kappa shape index (κ3) is 5.10. The van der Waals surface area contributed by atoms with Crippen LogP contribution in [0.5, 0.6) is 5.75 Å². The normalized spacial score (nSPS) is 10.7. The molecule has 32 heavy (non-hydrogen) atoms. The van der Waals surface area contributed by atoms with E-state index in [1.165, 1.54) is 31.0 Å². The SMILES string of the molecule is COC(=O)N(C)c1nccc(Cn2c(C)cc(OCc3ccc(F)cc3F)c(Br)c2=O)n1. The number of methoxy groups -OCH3 is 1. The van der Waals surface area contributed by atoms with Gasteiger partial charge in [-0.05, 0) is 41.1 Å². The van der Waals surface area contributed by atoms with E-state index in [1.54, 1.807) is 19.1 Å². The van der Waals surface area contributed by atoms with E-state index in [9.17, 15) is 18.4 Å². The van der Waals surface area contributed by atoms with E-state index in [-0.39, 0.29) is 40.4 Å². The zero-order valence-electron chi connectivity index (χ0n) is 17.4. The number of anilines is 1. The van der Waals surface area contributed by atoms with E-state index >= 15 is 0 Å². The molecule has 8 nitrogen and oxygen atoms in total. The molecule has 168 valence electrons. The van der Waals surface area contributed by atoms with Gasteiger partial charge in [-0.2, -0.15) is 0 Å². The van der Waals surface area contributed by atoms with E-state index in [0.29, 0.717) is 11.4 Å². The quantitative estimate of drug-likeness (QED) is 0.503. The Balaban J connectivity index is 1.83. The van der Waals surface area contributed by atoms with Crippen molar-refractivity contribution in [2.75, 3.05) is 19.1 Å². The van der Waals surface area contributed by atoms with Crippen LogP contribution in [-0.2, 0) is 17.9 Å². The zero-order valence-corrected chi connectivity index (χ0v) is 19.0. The van der Waals surface area contributed by atoms with E-state index in [4.69, 9.17) is 4.74 Å². The number of nitrogens with zero attached hydrogens (tertiary/aromatic N) is 4. The molecule has 1 aromatic carbocycles. The van der Waals surface area contributed by atoms with Crippen LogP contribution in [0.25, 0.3) is 0 Å². The van der Waals surface area contributed by atoms with Gasteiger partial charge in [-0.3, -0.25) is 4.79 Å². The van der Waals surface area contributed by atoms with Crippen LogP contribution in [0.2, 0.25) is 0 Å². The monoisotopic (exact) mass is 508 g/mol. The lowest BCUT2D eigenvalue weighted by atomic mass is 10.2. The highest BCUT2D eigenvalue weighted by Gasteiger charge is 2.17. The fourth-order valence-corrected chi connectivity index (χ4v) is 3.27. The number of benzene rings is 1. The van der Waals surface area contributed by atoms with Crippen LogP contribution in [-0.4, -0.2) is 34.8 Å². The lowest BCUT2D eigenvalue weighted by Gasteiger charge is -2.16. The van der Waals surface area contributed by atoms with Gasteiger partial charge in [-0.15, -0.1) is 0 Å². The minimum Gasteiger partial charge on any atom is -0.487 e. The molecule has 0 atom stereocenters. The Labute approximate surface area is 190 Å². The maximum Gasteiger partial charge on any atom is 0.416 e. The Morgan fingerprint density at radius 2 is 2.00 bits per heavy atom.